The maximum Gasteiger partial charge on any atom is 0.335 e. The fraction of sp³-hybridized carbons (Fsp3) is 0.188. The van der Waals surface area contributed by atoms with Gasteiger partial charge in [-0.05, 0) is 61.9 Å². The summed E-state index contributed by atoms with van der Waals surface area (Å²) in [5.74, 6) is -0.432. The number of hydrogen-bond acceptors (Lipinski definition) is 4. The van der Waals surface area contributed by atoms with Crippen molar-refractivity contribution in [3.05, 3.63) is 53.6 Å². The van der Waals surface area contributed by atoms with Crippen LogP contribution in [-0.2, 0) is 10.0 Å². The third-order valence-corrected chi connectivity index (χ3v) is 4.52. The van der Waals surface area contributed by atoms with E-state index in [4.69, 9.17) is 9.84 Å². The van der Waals surface area contributed by atoms with E-state index in [9.17, 15) is 13.2 Å². The maximum atomic E-state index is 12.4. The fourth-order valence-corrected chi connectivity index (χ4v) is 3.14. The smallest absolute Gasteiger partial charge is 0.335 e. The van der Waals surface area contributed by atoms with Crippen molar-refractivity contribution in [3.8, 4) is 5.75 Å². The molecule has 2 N–H and O–H groups in total. The second kappa shape index (κ2) is 6.70. The van der Waals surface area contributed by atoms with Crippen molar-refractivity contribution in [1.82, 2.24) is 0 Å². The minimum atomic E-state index is -3.75. The van der Waals surface area contributed by atoms with Crippen molar-refractivity contribution in [2.24, 2.45) is 0 Å². The Morgan fingerprint density at radius 1 is 1.17 bits per heavy atom. The van der Waals surface area contributed by atoms with E-state index >= 15 is 0 Å². The SMILES string of the molecule is CCOc1ccc(S(=O)(=O)Nc2ccc(C(=O)O)cc2)cc1C. The Kier molecular flexibility index (Phi) is 4.90. The molecule has 2 aromatic rings. The second-order valence-corrected chi connectivity index (χ2v) is 6.53. The molecule has 0 aliphatic heterocycles. The van der Waals surface area contributed by atoms with Crippen LogP contribution in [0.25, 0.3) is 0 Å². The van der Waals surface area contributed by atoms with Gasteiger partial charge in [-0.2, -0.15) is 0 Å². The van der Waals surface area contributed by atoms with Crippen LogP contribution >= 0.6 is 0 Å². The molecule has 0 fully saturated rings. The predicted molar refractivity (Wildman–Crippen MR) is 86.6 cm³/mol. The minimum absolute atomic E-state index is 0.0878. The van der Waals surface area contributed by atoms with Crippen molar-refractivity contribution in [2.45, 2.75) is 18.7 Å². The van der Waals surface area contributed by atoms with E-state index in [0.717, 1.165) is 5.56 Å². The summed E-state index contributed by atoms with van der Waals surface area (Å²) < 4.78 is 32.6. The first-order valence-corrected chi connectivity index (χ1v) is 8.41. The molecule has 0 atom stereocenters. The molecule has 0 saturated heterocycles. The van der Waals surface area contributed by atoms with Crippen LogP contribution in [-0.4, -0.2) is 26.1 Å². The Hall–Kier alpha value is -2.54. The summed E-state index contributed by atoms with van der Waals surface area (Å²) in [6.07, 6.45) is 0. The van der Waals surface area contributed by atoms with Gasteiger partial charge in [0.15, 0.2) is 0 Å². The average molecular weight is 335 g/mol. The van der Waals surface area contributed by atoms with Gasteiger partial charge in [0.1, 0.15) is 5.75 Å². The first-order valence-electron chi connectivity index (χ1n) is 6.93. The Morgan fingerprint density at radius 3 is 2.35 bits per heavy atom. The second-order valence-electron chi connectivity index (χ2n) is 4.85. The quantitative estimate of drug-likeness (QED) is 0.847. The van der Waals surface area contributed by atoms with E-state index in [2.05, 4.69) is 4.72 Å². The maximum absolute atomic E-state index is 12.4. The number of hydrogen-bond donors (Lipinski definition) is 2. The summed E-state index contributed by atoms with van der Waals surface area (Å²) in [6.45, 7) is 4.12. The predicted octanol–water partition coefficient (Wildman–Crippen LogP) is 2.89. The molecule has 2 aromatic carbocycles. The van der Waals surface area contributed by atoms with E-state index in [1.54, 1.807) is 13.0 Å². The van der Waals surface area contributed by atoms with Gasteiger partial charge >= 0.3 is 5.97 Å². The summed E-state index contributed by atoms with van der Waals surface area (Å²) in [4.78, 5) is 10.9. The molecule has 0 spiro atoms. The molecular weight excluding hydrogens is 318 g/mol. The number of benzene rings is 2. The summed E-state index contributed by atoms with van der Waals surface area (Å²) in [6, 6.07) is 10.1. The topological polar surface area (TPSA) is 92.7 Å². The van der Waals surface area contributed by atoms with Gasteiger partial charge < -0.3 is 9.84 Å². The molecule has 0 radical (unpaired) electrons. The monoisotopic (exact) mass is 335 g/mol. The van der Waals surface area contributed by atoms with Gasteiger partial charge in [-0.3, -0.25) is 4.72 Å². The number of aromatic carboxylic acids is 1. The van der Waals surface area contributed by atoms with E-state index in [1.165, 1.54) is 36.4 Å². The lowest BCUT2D eigenvalue weighted by molar-refractivity contribution is 0.0697. The largest absolute Gasteiger partial charge is 0.494 e. The molecule has 122 valence electrons. The molecule has 7 heteroatoms. The van der Waals surface area contributed by atoms with Crippen molar-refractivity contribution < 1.29 is 23.1 Å². The van der Waals surface area contributed by atoms with Crippen LogP contribution in [0.2, 0.25) is 0 Å². The minimum Gasteiger partial charge on any atom is -0.494 e. The highest BCUT2D eigenvalue weighted by atomic mass is 32.2. The molecule has 0 aliphatic carbocycles. The summed E-state index contributed by atoms with van der Waals surface area (Å²) in [5, 5.41) is 8.84. The highest BCUT2D eigenvalue weighted by Crippen LogP contribution is 2.23. The number of ether oxygens (including phenoxy) is 1. The molecule has 0 heterocycles. The Labute approximate surface area is 134 Å². The van der Waals surface area contributed by atoms with Crippen LogP contribution in [0.1, 0.15) is 22.8 Å². The summed E-state index contributed by atoms with van der Waals surface area (Å²) in [5.41, 5.74) is 1.10. The number of carboxylic acids is 1. The highest BCUT2D eigenvalue weighted by molar-refractivity contribution is 7.92. The normalized spacial score (nSPS) is 11.0. The van der Waals surface area contributed by atoms with Gasteiger partial charge in [0.2, 0.25) is 0 Å². The van der Waals surface area contributed by atoms with Gasteiger partial charge in [-0.15, -0.1) is 0 Å². The number of nitrogens with one attached hydrogen (secondary N) is 1. The zero-order chi connectivity index (χ0) is 17.0. The molecule has 0 bridgehead atoms. The lowest BCUT2D eigenvalue weighted by Gasteiger charge is -2.11. The molecule has 23 heavy (non-hydrogen) atoms. The number of carboxylic acid groups (broad SMARTS) is 1. The molecule has 0 saturated carbocycles. The average Bonchev–Trinajstić information content (AvgIpc) is 2.49. The van der Waals surface area contributed by atoms with Crippen LogP contribution in [0.5, 0.6) is 5.75 Å². The lowest BCUT2D eigenvalue weighted by atomic mass is 10.2. The number of rotatable bonds is 6. The van der Waals surface area contributed by atoms with Crippen LogP contribution in [0, 0.1) is 6.92 Å². The van der Waals surface area contributed by atoms with Gasteiger partial charge in [-0.1, -0.05) is 0 Å². The third kappa shape index (κ3) is 4.01. The van der Waals surface area contributed by atoms with Gasteiger partial charge in [-0.25, -0.2) is 13.2 Å². The number of anilines is 1. The van der Waals surface area contributed by atoms with Crippen molar-refractivity contribution in [3.63, 3.8) is 0 Å². The van der Waals surface area contributed by atoms with Crippen LogP contribution in [0.4, 0.5) is 5.69 Å². The molecule has 0 amide bonds. The summed E-state index contributed by atoms with van der Waals surface area (Å²) >= 11 is 0. The molecule has 0 aliphatic rings. The lowest BCUT2D eigenvalue weighted by Crippen LogP contribution is -2.13. The Balaban J connectivity index is 2.24. The molecule has 0 unspecified atom stereocenters. The van der Waals surface area contributed by atoms with Crippen molar-refractivity contribution in [2.75, 3.05) is 11.3 Å². The number of sulfonamides is 1. The number of carbonyl (C=O) groups is 1. The zero-order valence-corrected chi connectivity index (χ0v) is 13.6. The summed E-state index contributed by atoms with van der Waals surface area (Å²) in [7, 11) is -3.75. The van der Waals surface area contributed by atoms with Gasteiger partial charge in [0.05, 0.1) is 17.1 Å². The fourth-order valence-electron chi connectivity index (χ4n) is 2.00. The Bertz CT molecular complexity index is 813. The first kappa shape index (κ1) is 16.8. The van der Waals surface area contributed by atoms with E-state index in [-0.39, 0.29) is 10.5 Å². The highest BCUT2D eigenvalue weighted by Gasteiger charge is 2.16. The standard InChI is InChI=1S/C16H17NO5S/c1-3-22-15-9-8-14(10-11(15)2)23(20,21)17-13-6-4-12(5-7-13)16(18)19/h4-10,17H,3H2,1-2H3,(H,18,19). The molecule has 2 rings (SSSR count). The third-order valence-electron chi connectivity index (χ3n) is 3.14. The number of aryl methyl sites for hydroxylation is 1. The van der Waals surface area contributed by atoms with E-state index in [0.29, 0.717) is 18.0 Å². The zero-order valence-electron chi connectivity index (χ0n) is 12.7. The molecular formula is C16H17NO5S. The van der Waals surface area contributed by atoms with Crippen LogP contribution < -0.4 is 9.46 Å². The van der Waals surface area contributed by atoms with E-state index < -0.39 is 16.0 Å². The van der Waals surface area contributed by atoms with Gasteiger partial charge in [0, 0.05) is 5.69 Å². The van der Waals surface area contributed by atoms with Gasteiger partial charge in [0.25, 0.3) is 10.0 Å². The van der Waals surface area contributed by atoms with Crippen molar-refractivity contribution in [1.29, 1.82) is 0 Å². The molecule has 0 aromatic heterocycles. The molecule has 6 nitrogen and oxygen atoms in total. The van der Waals surface area contributed by atoms with Crippen LogP contribution in [0.15, 0.2) is 47.4 Å². The van der Waals surface area contributed by atoms with Crippen LogP contribution in [0.3, 0.4) is 0 Å². The van der Waals surface area contributed by atoms with Crippen molar-refractivity contribution >= 4 is 21.7 Å². The first-order chi connectivity index (χ1) is 10.8. The Morgan fingerprint density at radius 2 is 1.83 bits per heavy atom. The van der Waals surface area contributed by atoms with E-state index in [1.807, 2.05) is 6.92 Å².